The van der Waals surface area contributed by atoms with Crippen LogP contribution in [0.3, 0.4) is 0 Å². The molecule has 0 aliphatic rings. The number of rotatable bonds is 4. The molecule has 0 bridgehead atoms. The maximum absolute atomic E-state index is 12.8. The third-order valence-corrected chi connectivity index (χ3v) is 3.39. The first-order valence-electron chi connectivity index (χ1n) is 5.30. The van der Waals surface area contributed by atoms with Gasteiger partial charge in [0.25, 0.3) is 0 Å². The predicted molar refractivity (Wildman–Crippen MR) is 71.2 cm³/mol. The van der Waals surface area contributed by atoms with E-state index in [2.05, 4.69) is 31.2 Å². The number of hydrogen-bond donors (Lipinski definition) is 1. The van der Waals surface area contributed by atoms with Gasteiger partial charge in [0.1, 0.15) is 5.82 Å². The van der Waals surface area contributed by atoms with E-state index in [-0.39, 0.29) is 5.82 Å². The molecule has 0 atom stereocenters. The smallest absolute Gasteiger partial charge is 0.369 e. The van der Waals surface area contributed by atoms with Crippen LogP contribution in [0.5, 0.6) is 0 Å². The standard InChI is InChI=1S/C11H9BrF3N3S/c12-7-3-9(11(13,14)15)10(17-4-7)16-2-1-8-5-19-6-18-8/h3-6H,1-2H2,(H,16,17). The maximum Gasteiger partial charge on any atom is 0.419 e. The van der Waals surface area contributed by atoms with Gasteiger partial charge in [-0.25, -0.2) is 9.97 Å². The normalized spacial score (nSPS) is 11.6. The van der Waals surface area contributed by atoms with Crippen LogP contribution >= 0.6 is 27.3 Å². The summed E-state index contributed by atoms with van der Waals surface area (Å²) in [5, 5.41) is 4.56. The van der Waals surface area contributed by atoms with Crippen molar-refractivity contribution >= 4 is 33.1 Å². The van der Waals surface area contributed by atoms with Crippen LogP contribution in [0.25, 0.3) is 0 Å². The summed E-state index contributed by atoms with van der Waals surface area (Å²) in [5.41, 5.74) is 1.76. The Hall–Kier alpha value is -1.15. The van der Waals surface area contributed by atoms with Crippen molar-refractivity contribution < 1.29 is 13.2 Å². The highest BCUT2D eigenvalue weighted by Crippen LogP contribution is 2.35. The first-order valence-corrected chi connectivity index (χ1v) is 7.04. The number of nitrogens with one attached hydrogen (secondary N) is 1. The lowest BCUT2D eigenvalue weighted by Gasteiger charge is -2.13. The number of halogens is 4. The van der Waals surface area contributed by atoms with Gasteiger partial charge < -0.3 is 5.32 Å². The van der Waals surface area contributed by atoms with Gasteiger partial charge >= 0.3 is 6.18 Å². The lowest BCUT2D eigenvalue weighted by Crippen LogP contribution is -2.14. The van der Waals surface area contributed by atoms with Gasteiger partial charge in [-0.05, 0) is 22.0 Å². The highest BCUT2D eigenvalue weighted by Gasteiger charge is 2.34. The van der Waals surface area contributed by atoms with Crippen molar-refractivity contribution in [2.45, 2.75) is 12.6 Å². The van der Waals surface area contributed by atoms with E-state index in [4.69, 9.17) is 0 Å². The van der Waals surface area contributed by atoms with Crippen LogP contribution in [-0.2, 0) is 12.6 Å². The number of aromatic nitrogens is 2. The van der Waals surface area contributed by atoms with Gasteiger partial charge in [-0.2, -0.15) is 13.2 Å². The van der Waals surface area contributed by atoms with Crippen LogP contribution in [0.15, 0.2) is 27.6 Å². The van der Waals surface area contributed by atoms with Crippen molar-refractivity contribution in [3.05, 3.63) is 38.9 Å². The van der Waals surface area contributed by atoms with E-state index in [1.165, 1.54) is 17.5 Å². The second-order valence-corrected chi connectivity index (χ2v) is 5.34. The summed E-state index contributed by atoms with van der Waals surface area (Å²) in [6.45, 7) is 0.349. The maximum atomic E-state index is 12.8. The summed E-state index contributed by atoms with van der Waals surface area (Å²) in [7, 11) is 0. The third-order valence-electron chi connectivity index (χ3n) is 2.32. The highest BCUT2D eigenvalue weighted by molar-refractivity contribution is 9.10. The molecule has 0 aliphatic carbocycles. The Morgan fingerprint density at radius 3 is 2.74 bits per heavy atom. The molecule has 2 aromatic rings. The summed E-state index contributed by atoms with van der Waals surface area (Å²) < 4.78 is 38.7. The Morgan fingerprint density at radius 1 is 1.32 bits per heavy atom. The molecule has 0 fully saturated rings. The number of pyridine rings is 1. The molecule has 2 aromatic heterocycles. The minimum atomic E-state index is -4.43. The summed E-state index contributed by atoms with van der Waals surface area (Å²) in [6, 6.07) is 1.01. The summed E-state index contributed by atoms with van der Waals surface area (Å²) >= 11 is 4.44. The fourth-order valence-electron chi connectivity index (χ4n) is 1.47. The molecule has 0 amide bonds. The van der Waals surface area contributed by atoms with Crippen LogP contribution in [-0.4, -0.2) is 16.5 Å². The molecule has 102 valence electrons. The molecule has 3 nitrogen and oxygen atoms in total. The van der Waals surface area contributed by atoms with Crippen LogP contribution in [0.1, 0.15) is 11.3 Å². The third kappa shape index (κ3) is 3.90. The van der Waals surface area contributed by atoms with E-state index < -0.39 is 11.7 Å². The van der Waals surface area contributed by atoms with Gasteiger partial charge in [-0.15, -0.1) is 11.3 Å². The first-order chi connectivity index (χ1) is 8.97. The Labute approximate surface area is 120 Å². The minimum absolute atomic E-state index is 0.161. The predicted octanol–water partition coefficient (Wildman–Crippen LogP) is 3.97. The second-order valence-electron chi connectivity index (χ2n) is 3.70. The van der Waals surface area contributed by atoms with E-state index in [1.54, 1.807) is 5.51 Å². The van der Waals surface area contributed by atoms with Gasteiger partial charge in [-0.3, -0.25) is 0 Å². The molecule has 8 heteroatoms. The Bertz CT molecular complexity index is 543. The second kappa shape index (κ2) is 5.87. The Balaban J connectivity index is 2.07. The van der Waals surface area contributed by atoms with Gasteiger partial charge in [-0.1, -0.05) is 0 Å². The fraction of sp³-hybridized carbons (Fsp3) is 0.273. The lowest BCUT2D eigenvalue weighted by atomic mass is 10.2. The monoisotopic (exact) mass is 351 g/mol. The molecule has 0 saturated carbocycles. The molecule has 2 rings (SSSR count). The number of alkyl halides is 3. The Morgan fingerprint density at radius 2 is 2.11 bits per heavy atom. The molecule has 0 radical (unpaired) electrons. The van der Waals surface area contributed by atoms with Gasteiger partial charge in [0.2, 0.25) is 0 Å². The number of anilines is 1. The highest BCUT2D eigenvalue weighted by atomic mass is 79.9. The summed E-state index contributed by atoms with van der Waals surface area (Å²) in [5.74, 6) is -0.161. The van der Waals surface area contributed by atoms with E-state index in [1.807, 2.05) is 5.38 Å². The lowest BCUT2D eigenvalue weighted by molar-refractivity contribution is -0.137. The zero-order valence-corrected chi connectivity index (χ0v) is 11.9. The van der Waals surface area contributed by atoms with E-state index in [9.17, 15) is 13.2 Å². The molecular weight excluding hydrogens is 343 g/mol. The van der Waals surface area contributed by atoms with Crippen LogP contribution < -0.4 is 5.32 Å². The number of thiazole rings is 1. The van der Waals surface area contributed by atoms with Crippen molar-refractivity contribution in [2.24, 2.45) is 0 Å². The zero-order valence-electron chi connectivity index (χ0n) is 9.54. The first kappa shape index (κ1) is 14.3. The number of hydrogen-bond acceptors (Lipinski definition) is 4. The van der Waals surface area contributed by atoms with Crippen LogP contribution in [0.2, 0.25) is 0 Å². The van der Waals surface area contributed by atoms with E-state index in [0.717, 1.165) is 11.8 Å². The molecule has 1 N–H and O–H groups in total. The van der Waals surface area contributed by atoms with Crippen LogP contribution in [0.4, 0.5) is 19.0 Å². The average Bonchev–Trinajstić information content (AvgIpc) is 2.83. The molecule has 0 aromatic carbocycles. The van der Waals surface area contributed by atoms with Crippen molar-refractivity contribution in [3.8, 4) is 0 Å². The van der Waals surface area contributed by atoms with E-state index in [0.29, 0.717) is 17.4 Å². The molecule has 0 aliphatic heterocycles. The largest absolute Gasteiger partial charge is 0.419 e. The summed E-state index contributed by atoms with van der Waals surface area (Å²) in [4.78, 5) is 7.83. The SMILES string of the molecule is FC(F)(F)c1cc(Br)cnc1NCCc1cscn1. The van der Waals surface area contributed by atoms with Crippen LogP contribution in [0, 0.1) is 0 Å². The minimum Gasteiger partial charge on any atom is -0.369 e. The molecule has 2 heterocycles. The molecule has 0 unspecified atom stereocenters. The fourth-order valence-corrected chi connectivity index (χ4v) is 2.39. The molecular formula is C11H9BrF3N3S. The average molecular weight is 352 g/mol. The van der Waals surface area contributed by atoms with Crippen molar-refractivity contribution in [3.63, 3.8) is 0 Å². The van der Waals surface area contributed by atoms with Crippen molar-refractivity contribution in [1.82, 2.24) is 9.97 Å². The quantitative estimate of drug-likeness (QED) is 0.905. The number of nitrogens with zero attached hydrogens (tertiary/aromatic N) is 2. The Kier molecular flexibility index (Phi) is 4.41. The van der Waals surface area contributed by atoms with Crippen molar-refractivity contribution in [2.75, 3.05) is 11.9 Å². The van der Waals surface area contributed by atoms with Gasteiger partial charge in [0.05, 0.1) is 16.8 Å². The van der Waals surface area contributed by atoms with E-state index >= 15 is 0 Å². The molecule has 0 spiro atoms. The zero-order chi connectivity index (χ0) is 13.9. The summed E-state index contributed by atoms with van der Waals surface area (Å²) in [6.07, 6.45) is -2.54. The van der Waals surface area contributed by atoms with Gasteiger partial charge in [0.15, 0.2) is 0 Å². The topological polar surface area (TPSA) is 37.8 Å². The molecule has 19 heavy (non-hydrogen) atoms. The van der Waals surface area contributed by atoms with Crippen molar-refractivity contribution in [1.29, 1.82) is 0 Å². The molecule has 0 saturated heterocycles. The van der Waals surface area contributed by atoms with Gasteiger partial charge in [0, 0.05) is 29.0 Å².